The van der Waals surface area contributed by atoms with Crippen LogP contribution in [0.3, 0.4) is 0 Å². The number of pyridine rings is 1. The van der Waals surface area contributed by atoms with Crippen LogP contribution in [0.4, 0.5) is 0 Å². The molecule has 2 heterocycles. The lowest BCUT2D eigenvalue weighted by molar-refractivity contribution is 0.643. The number of nitrogens with zero attached hydrogens (tertiary/aromatic N) is 7. The zero-order chi connectivity index (χ0) is 12.8. The Morgan fingerprint density at radius 1 is 1.22 bits per heavy atom. The minimum absolute atomic E-state index is 0.561. The maximum Gasteiger partial charge on any atom is 0.181 e. The van der Waals surface area contributed by atoms with E-state index in [0.717, 1.165) is 5.56 Å². The topological polar surface area (TPSA) is 71.6 Å². The van der Waals surface area contributed by atoms with E-state index in [9.17, 15) is 0 Å². The summed E-state index contributed by atoms with van der Waals surface area (Å²) >= 11 is 0. The Bertz CT molecular complexity index is 528. The van der Waals surface area contributed by atoms with E-state index in [0.29, 0.717) is 5.84 Å². The molecule has 0 aliphatic heterocycles. The molecule has 2 rings (SSSR count). The Morgan fingerprint density at radius 3 is 2.50 bits per heavy atom. The third-order valence-corrected chi connectivity index (χ3v) is 1.97. The molecule has 0 unspecified atom stereocenters. The highest BCUT2D eigenvalue weighted by Gasteiger charge is 2.01. The summed E-state index contributed by atoms with van der Waals surface area (Å²) in [5.41, 5.74) is 0.872. The van der Waals surface area contributed by atoms with E-state index in [1.165, 1.54) is 17.3 Å². The number of rotatable bonds is 3. The van der Waals surface area contributed by atoms with Gasteiger partial charge in [0.1, 0.15) is 12.7 Å². The highest BCUT2D eigenvalue weighted by atomic mass is 15.4. The monoisotopic (exact) mass is 243 g/mol. The summed E-state index contributed by atoms with van der Waals surface area (Å²) in [6, 6.07) is 3.69. The van der Waals surface area contributed by atoms with Crippen LogP contribution in [0.15, 0.2) is 47.3 Å². The highest BCUT2D eigenvalue weighted by molar-refractivity contribution is 6.02. The van der Waals surface area contributed by atoms with Gasteiger partial charge in [-0.25, -0.2) is 9.67 Å². The van der Waals surface area contributed by atoms with Gasteiger partial charge in [0, 0.05) is 32.1 Å². The predicted molar refractivity (Wildman–Crippen MR) is 68.4 cm³/mol. The first-order chi connectivity index (χ1) is 8.75. The second-order valence-electron chi connectivity index (χ2n) is 3.71. The van der Waals surface area contributed by atoms with E-state index in [2.05, 4.69) is 25.3 Å². The third kappa shape index (κ3) is 3.21. The molecule has 2 aromatic rings. The molecule has 0 fully saturated rings. The van der Waals surface area contributed by atoms with Crippen molar-refractivity contribution in [3.8, 4) is 0 Å². The van der Waals surface area contributed by atoms with Gasteiger partial charge in [0.2, 0.25) is 0 Å². The van der Waals surface area contributed by atoms with Crippen LogP contribution < -0.4 is 0 Å². The fraction of sp³-hybridized carbons (Fsp3) is 0.182. The molecule has 7 nitrogen and oxygen atoms in total. The molecule has 7 heteroatoms. The van der Waals surface area contributed by atoms with Gasteiger partial charge >= 0.3 is 0 Å². The van der Waals surface area contributed by atoms with Crippen molar-refractivity contribution >= 4 is 12.2 Å². The summed E-state index contributed by atoms with van der Waals surface area (Å²) < 4.78 is 1.50. The van der Waals surface area contributed by atoms with Crippen molar-refractivity contribution in [2.75, 3.05) is 14.1 Å². The number of hydrogen-bond donors (Lipinski definition) is 0. The number of aliphatic imine (C=N–C) groups is 1. The zero-order valence-corrected chi connectivity index (χ0v) is 10.2. The van der Waals surface area contributed by atoms with Crippen LogP contribution in [-0.2, 0) is 0 Å². The molecule has 0 radical (unpaired) electrons. The molecule has 0 saturated heterocycles. The highest BCUT2D eigenvalue weighted by Crippen LogP contribution is 2.01. The SMILES string of the molecule is CN(C)C=N/C(=N/n1cnnc1)c1ccncc1. The molecule has 92 valence electrons. The van der Waals surface area contributed by atoms with Crippen molar-refractivity contribution in [3.05, 3.63) is 42.7 Å². The molecule has 0 bridgehead atoms. The summed E-state index contributed by atoms with van der Waals surface area (Å²) in [5.74, 6) is 0.561. The number of hydrogen-bond acceptors (Lipinski definition) is 4. The second-order valence-corrected chi connectivity index (χ2v) is 3.71. The van der Waals surface area contributed by atoms with Gasteiger partial charge < -0.3 is 4.90 Å². The quantitative estimate of drug-likeness (QED) is 0.580. The molecule has 18 heavy (non-hydrogen) atoms. The van der Waals surface area contributed by atoms with Crippen molar-refractivity contribution < 1.29 is 0 Å². The Balaban J connectivity index is 2.35. The third-order valence-electron chi connectivity index (χ3n) is 1.97. The summed E-state index contributed by atoms with van der Waals surface area (Å²) in [4.78, 5) is 10.1. The maximum absolute atomic E-state index is 4.32. The molecule has 0 aromatic carbocycles. The van der Waals surface area contributed by atoms with Gasteiger partial charge in [0.15, 0.2) is 5.84 Å². The first-order valence-electron chi connectivity index (χ1n) is 5.30. The van der Waals surface area contributed by atoms with Gasteiger partial charge in [0.05, 0.1) is 6.34 Å². The molecule has 0 aliphatic carbocycles. The molecule has 0 N–H and O–H groups in total. The minimum atomic E-state index is 0.561. The van der Waals surface area contributed by atoms with E-state index < -0.39 is 0 Å². The lowest BCUT2D eigenvalue weighted by atomic mass is 10.2. The van der Waals surface area contributed by atoms with Crippen molar-refractivity contribution in [2.45, 2.75) is 0 Å². The Morgan fingerprint density at radius 2 is 1.89 bits per heavy atom. The van der Waals surface area contributed by atoms with Crippen LogP contribution in [0.25, 0.3) is 0 Å². The van der Waals surface area contributed by atoms with E-state index >= 15 is 0 Å². The van der Waals surface area contributed by atoms with E-state index in [1.807, 2.05) is 31.1 Å². The lowest BCUT2D eigenvalue weighted by Crippen LogP contribution is -2.11. The van der Waals surface area contributed by atoms with Crippen molar-refractivity contribution in [2.24, 2.45) is 10.1 Å². The van der Waals surface area contributed by atoms with Crippen molar-refractivity contribution in [3.63, 3.8) is 0 Å². The Labute approximate surface area is 105 Å². The summed E-state index contributed by atoms with van der Waals surface area (Å²) in [6.45, 7) is 0. The second kappa shape index (κ2) is 5.67. The van der Waals surface area contributed by atoms with Crippen molar-refractivity contribution in [1.82, 2.24) is 24.8 Å². The smallest absolute Gasteiger partial charge is 0.181 e. The van der Waals surface area contributed by atoms with Crippen LogP contribution in [0.1, 0.15) is 5.56 Å². The van der Waals surface area contributed by atoms with Crippen molar-refractivity contribution in [1.29, 1.82) is 0 Å². The number of aromatic nitrogens is 4. The van der Waals surface area contributed by atoms with E-state index in [-0.39, 0.29) is 0 Å². The standard InChI is InChI=1S/C11H13N7/c1-17(2)7-13-11(10-3-5-12-6-4-10)16-18-8-14-15-9-18/h3-9H,1-2H3/b13-7?,16-11+. The Hall–Kier alpha value is -2.57. The minimum Gasteiger partial charge on any atom is -0.369 e. The average Bonchev–Trinajstić information content (AvgIpc) is 2.88. The van der Waals surface area contributed by atoms with Gasteiger partial charge in [0.25, 0.3) is 0 Å². The maximum atomic E-state index is 4.32. The van der Waals surface area contributed by atoms with Gasteiger partial charge in [-0.05, 0) is 12.1 Å². The average molecular weight is 243 g/mol. The molecule has 2 aromatic heterocycles. The van der Waals surface area contributed by atoms with E-state index in [4.69, 9.17) is 0 Å². The first kappa shape index (κ1) is 11.9. The van der Waals surface area contributed by atoms with E-state index in [1.54, 1.807) is 18.7 Å². The molecular formula is C11H13N7. The summed E-state index contributed by atoms with van der Waals surface area (Å²) in [5, 5.41) is 11.7. The van der Waals surface area contributed by atoms with Crippen LogP contribution in [0.5, 0.6) is 0 Å². The van der Waals surface area contributed by atoms with Crippen LogP contribution >= 0.6 is 0 Å². The number of amidine groups is 1. The molecule has 0 spiro atoms. The molecule has 0 aliphatic rings. The lowest BCUT2D eigenvalue weighted by Gasteiger charge is -2.04. The molecule has 0 amide bonds. The zero-order valence-electron chi connectivity index (χ0n) is 10.2. The molecular weight excluding hydrogens is 230 g/mol. The normalized spacial score (nSPS) is 12.0. The van der Waals surface area contributed by atoms with Crippen LogP contribution in [0, 0.1) is 0 Å². The fourth-order valence-corrected chi connectivity index (χ4v) is 1.19. The van der Waals surface area contributed by atoms with Crippen LogP contribution in [-0.4, -0.2) is 51.0 Å². The largest absolute Gasteiger partial charge is 0.369 e. The predicted octanol–water partition coefficient (Wildman–Crippen LogP) is 0.473. The van der Waals surface area contributed by atoms with Gasteiger partial charge in [-0.2, -0.15) is 0 Å². The van der Waals surface area contributed by atoms with Crippen LogP contribution in [0.2, 0.25) is 0 Å². The summed E-state index contributed by atoms with van der Waals surface area (Å²) in [6.07, 6.45) is 8.09. The molecule has 0 atom stereocenters. The fourth-order valence-electron chi connectivity index (χ4n) is 1.19. The first-order valence-corrected chi connectivity index (χ1v) is 5.30. The van der Waals surface area contributed by atoms with Gasteiger partial charge in [-0.1, -0.05) is 0 Å². The molecule has 0 saturated carbocycles. The van der Waals surface area contributed by atoms with Gasteiger partial charge in [-0.15, -0.1) is 15.3 Å². The summed E-state index contributed by atoms with van der Waals surface area (Å²) in [7, 11) is 3.79. The Kier molecular flexibility index (Phi) is 3.75. The van der Waals surface area contributed by atoms with Gasteiger partial charge in [-0.3, -0.25) is 4.98 Å².